The van der Waals surface area contributed by atoms with E-state index in [0.717, 1.165) is 43.6 Å². The standard InChI is InChI=1S/C25H32N6OS2.Cu/c1-5-30(6-2)24(33)28-26-22(20-12-10-9-11-13-20)23(21-16-14-19(18-32)15-17-21)27-29-25(34)31(7-3)8-4;/h9-18H,5-8H2,1-4H3,(H,28,33)(H,29,34);/q;+2/p-2/b26-22+,27-23+;. The molecule has 0 fully saturated rings. The van der Waals surface area contributed by atoms with Crippen LogP contribution >= 0.6 is 0 Å². The maximum atomic E-state index is 11.2. The topological polar surface area (TPSA) is 73.0 Å². The van der Waals surface area contributed by atoms with Crippen molar-refractivity contribution < 1.29 is 21.9 Å². The van der Waals surface area contributed by atoms with Gasteiger partial charge in [-0.15, -0.1) is 10.2 Å². The second-order valence-corrected chi connectivity index (χ2v) is 7.84. The molecule has 2 aromatic rings. The second-order valence-electron chi connectivity index (χ2n) is 7.11. The van der Waals surface area contributed by atoms with Gasteiger partial charge in [-0.05, 0) is 27.7 Å². The van der Waals surface area contributed by atoms with Crippen LogP contribution < -0.4 is 0 Å². The molecule has 7 nitrogen and oxygen atoms in total. The van der Waals surface area contributed by atoms with Gasteiger partial charge in [0, 0.05) is 53.2 Å². The number of amidine groups is 2. The van der Waals surface area contributed by atoms with Crippen molar-refractivity contribution in [1.82, 2.24) is 9.80 Å². The molecule has 0 spiro atoms. The van der Waals surface area contributed by atoms with Crippen molar-refractivity contribution in [3.63, 3.8) is 0 Å². The number of carbonyl (C=O) groups excluding carboxylic acids is 1. The van der Waals surface area contributed by atoms with Crippen LogP contribution in [0, 0.1) is 0 Å². The van der Waals surface area contributed by atoms with Crippen LogP contribution in [0.1, 0.15) is 49.2 Å². The summed E-state index contributed by atoms with van der Waals surface area (Å²) >= 11 is 10.9. The van der Waals surface area contributed by atoms with E-state index in [1.165, 1.54) is 0 Å². The van der Waals surface area contributed by atoms with Gasteiger partial charge in [-0.1, -0.05) is 54.6 Å². The van der Waals surface area contributed by atoms with Gasteiger partial charge in [0.1, 0.15) is 17.7 Å². The number of hydrogen-bond donors (Lipinski definition) is 0. The summed E-state index contributed by atoms with van der Waals surface area (Å²) in [6.45, 7) is 11.0. The maximum Gasteiger partial charge on any atom is 2.00 e. The third-order valence-corrected chi connectivity index (χ3v) is 5.81. The van der Waals surface area contributed by atoms with E-state index < -0.39 is 0 Å². The Kier molecular flexibility index (Phi) is 14.0. The molecule has 0 saturated carbocycles. The van der Waals surface area contributed by atoms with Gasteiger partial charge >= 0.3 is 17.1 Å². The Morgan fingerprint density at radius 3 is 1.46 bits per heavy atom. The van der Waals surface area contributed by atoms with Crippen LogP contribution in [0.4, 0.5) is 0 Å². The van der Waals surface area contributed by atoms with Gasteiger partial charge in [-0.3, -0.25) is 4.79 Å². The van der Waals surface area contributed by atoms with Gasteiger partial charge < -0.3 is 35.1 Å². The molecule has 0 aliphatic rings. The van der Waals surface area contributed by atoms with Crippen molar-refractivity contribution in [2.24, 2.45) is 20.4 Å². The van der Waals surface area contributed by atoms with Crippen molar-refractivity contribution >= 4 is 53.3 Å². The van der Waals surface area contributed by atoms with Gasteiger partial charge in [0.05, 0.1) is 0 Å². The summed E-state index contributed by atoms with van der Waals surface area (Å²) < 4.78 is 0. The maximum absolute atomic E-state index is 11.2. The molecule has 0 saturated heterocycles. The Morgan fingerprint density at radius 1 is 0.686 bits per heavy atom. The molecule has 0 unspecified atom stereocenters. The van der Waals surface area contributed by atoms with Gasteiger partial charge in [-0.25, -0.2) is 0 Å². The zero-order valence-electron chi connectivity index (χ0n) is 20.3. The Hall–Kier alpha value is -2.65. The van der Waals surface area contributed by atoms with Gasteiger partial charge in [-0.2, -0.15) is 10.2 Å². The Morgan fingerprint density at radius 2 is 1.09 bits per heavy atom. The van der Waals surface area contributed by atoms with Crippen molar-refractivity contribution in [3.05, 3.63) is 71.3 Å². The summed E-state index contributed by atoms with van der Waals surface area (Å²) in [6, 6.07) is 16.7. The second kappa shape index (κ2) is 16.1. The first kappa shape index (κ1) is 30.4. The Labute approximate surface area is 229 Å². The number of hydrogen-bond acceptors (Lipinski definition) is 7. The van der Waals surface area contributed by atoms with Gasteiger partial charge in [0.2, 0.25) is 0 Å². The van der Waals surface area contributed by atoms with E-state index in [-0.39, 0.29) is 17.1 Å². The molecular weight excluding hydrogens is 528 g/mol. The summed E-state index contributed by atoms with van der Waals surface area (Å²) in [5.41, 5.74) is 3.06. The molecule has 0 amide bonds. The molecular formula is C25H30CuN6OS2. The first-order chi connectivity index (χ1) is 16.5. The van der Waals surface area contributed by atoms with Gasteiger partial charge in [0.25, 0.3) is 0 Å². The summed E-state index contributed by atoms with van der Waals surface area (Å²) in [4.78, 5) is 15.0. The Balaban J connectivity index is 0.00000612. The average Bonchev–Trinajstić information content (AvgIpc) is 2.88. The molecule has 2 rings (SSSR count). The smallest absolute Gasteiger partial charge is 0.741 e. The molecule has 0 atom stereocenters. The third kappa shape index (κ3) is 8.81. The van der Waals surface area contributed by atoms with Crippen molar-refractivity contribution in [3.8, 4) is 0 Å². The molecule has 10 heteroatoms. The summed E-state index contributed by atoms with van der Waals surface area (Å²) in [5.74, 6) is 0. The fraction of sp³-hybridized carbons (Fsp3) is 0.320. The number of nitrogens with zero attached hydrogens (tertiary/aromatic N) is 6. The van der Waals surface area contributed by atoms with Crippen LogP contribution in [0.2, 0.25) is 0 Å². The van der Waals surface area contributed by atoms with E-state index in [0.29, 0.717) is 27.3 Å². The fourth-order valence-corrected chi connectivity index (χ4v) is 3.70. The van der Waals surface area contributed by atoms with Crippen molar-refractivity contribution in [2.45, 2.75) is 27.7 Å². The number of aldehydes is 1. The first-order valence-electron chi connectivity index (χ1n) is 11.2. The van der Waals surface area contributed by atoms with Crippen LogP contribution in [0.3, 0.4) is 0 Å². The largest absolute Gasteiger partial charge is 2.00 e. The van der Waals surface area contributed by atoms with Crippen molar-refractivity contribution in [1.29, 1.82) is 0 Å². The SMILES string of the molecule is CCN(CC)/C([S-])=N/N=C(/C(=N/N=C(\[S-])N(CC)CC)c1ccc(C=O)cc1)c1ccccc1.[Cu+2]. The Bertz CT molecular complexity index is 1050. The molecule has 0 aliphatic heterocycles. The van der Waals surface area contributed by atoms with E-state index in [2.05, 4.69) is 20.4 Å². The van der Waals surface area contributed by atoms with Crippen molar-refractivity contribution in [2.75, 3.05) is 26.2 Å². The average molecular weight is 558 g/mol. The summed E-state index contributed by atoms with van der Waals surface area (Å²) in [7, 11) is 0. The molecule has 0 bridgehead atoms. The molecule has 0 N–H and O–H groups in total. The molecule has 35 heavy (non-hydrogen) atoms. The quantitative estimate of drug-likeness (QED) is 0.110. The van der Waals surface area contributed by atoms with Crippen LogP contribution in [0.25, 0.3) is 0 Å². The van der Waals surface area contributed by atoms with Crippen LogP contribution in [-0.4, -0.2) is 64.0 Å². The zero-order valence-corrected chi connectivity index (χ0v) is 22.9. The van der Waals surface area contributed by atoms with Gasteiger partial charge in [0.15, 0.2) is 0 Å². The summed E-state index contributed by atoms with van der Waals surface area (Å²) in [5, 5.41) is 18.5. The predicted molar refractivity (Wildman–Crippen MR) is 147 cm³/mol. The van der Waals surface area contributed by atoms with Crippen LogP contribution in [-0.2, 0) is 42.3 Å². The minimum absolute atomic E-state index is 0. The molecule has 189 valence electrons. The first-order valence-corrected chi connectivity index (χ1v) is 12.1. The molecule has 0 aliphatic carbocycles. The number of rotatable bonds is 10. The van der Waals surface area contributed by atoms with Crippen LogP contribution in [0.15, 0.2) is 75.0 Å². The summed E-state index contributed by atoms with van der Waals surface area (Å²) in [6.07, 6.45) is 0.796. The molecule has 2 aromatic carbocycles. The normalized spacial score (nSPS) is 12.7. The molecule has 0 aromatic heterocycles. The zero-order chi connectivity index (χ0) is 24.9. The third-order valence-electron chi connectivity index (χ3n) is 5.13. The van der Waals surface area contributed by atoms with E-state index in [9.17, 15) is 4.79 Å². The molecule has 0 heterocycles. The minimum Gasteiger partial charge on any atom is -0.741 e. The van der Waals surface area contributed by atoms with E-state index in [4.69, 9.17) is 25.3 Å². The number of carbonyl (C=O) groups is 1. The predicted octanol–water partition coefficient (Wildman–Crippen LogP) is 4.09. The van der Waals surface area contributed by atoms with E-state index >= 15 is 0 Å². The molecule has 1 radical (unpaired) electrons. The van der Waals surface area contributed by atoms with E-state index in [1.807, 2.05) is 67.8 Å². The minimum atomic E-state index is 0. The van der Waals surface area contributed by atoms with Crippen LogP contribution in [0.5, 0.6) is 0 Å². The monoisotopic (exact) mass is 557 g/mol. The number of benzene rings is 2. The van der Waals surface area contributed by atoms with E-state index in [1.54, 1.807) is 24.3 Å². The fourth-order valence-electron chi connectivity index (χ4n) is 3.10.